The Labute approximate surface area is 182 Å². The number of hydrogen-bond acceptors (Lipinski definition) is 4. The topological polar surface area (TPSA) is 65.0 Å². The maximum Gasteiger partial charge on any atom is 0.306 e. The SMILES string of the molecule is COc1ccc(F)c(OC2CC(COc3cccc([C@H](C4CC4)[C@H](C)C(=O)O)c3)C2)c1. The Morgan fingerprint density at radius 1 is 1.16 bits per heavy atom. The lowest BCUT2D eigenvalue weighted by Crippen LogP contribution is -2.37. The second kappa shape index (κ2) is 9.16. The molecule has 0 spiro atoms. The molecule has 0 aliphatic heterocycles. The maximum atomic E-state index is 13.9. The molecule has 5 nitrogen and oxygen atoms in total. The third-order valence-corrected chi connectivity index (χ3v) is 6.41. The molecular formula is C25H29FO5. The predicted molar refractivity (Wildman–Crippen MR) is 114 cm³/mol. The Bertz CT molecular complexity index is 920. The van der Waals surface area contributed by atoms with Gasteiger partial charge in [-0.2, -0.15) is 0 Å². The summed E-state index contributed by atoms with van der Waals surface area (Å²) in [5, 5.41) is 9.48. The number of carboxylic acids is 1. The van der Waals surface area contributed by atoms with E-state index in [1.54, 1.807) is 19.1 Å². The molecular weight excluding hydrogens is 399 g/mol. The number of carbonyl (C=O) groups is 1. The van der Waals surface area contributed by atoms with Crippen LogP contribution in [0.3, 0.4) is 0 Å². The number of hydrogen-bond donors (Lipinski definition) is 1. The fourth-order valence-corrected chi connectivity index (χ4v) is 4.39. The van der Waals surface area contributed by atoms with Crippen molar-refractivity contribution in [2.75, 3.05) is 13.7 Å². The van der Waals surface area contributed by atoms with Gasteiger partial charge in [0.1, 0.15) is 11.5 Å². The zero-order valence-corrected chi connectivity index (χ0v) is 17.9. The first-order valence-electron chi connectivity index (χ1n) is 10.9. The summed E-state index contributed by atoms with van der Waals surface area (Å²) in [5.41, 5.74) is 1.04. The van der Waals surface area contributed by atoms with Gasteiger partial charge in [0.2, 0.25) is 0 Å². The van der Waals surface area contributed by atoms with Gasteiger partial charge in [0.15, 0.2) is 11.6 Å². The van der Waals surface area contributed by atoms with Gasteiger partial charge in [0.05, 0.1) is 25.7 Å². The van der Waals surface area contributed by atoms with Crippen molar-refractivity contribution < 1.29 is 28.5 Å². The first-order valence-corrected chi connectivity index (χ1v) is 10.9. The van der Waals surface area contributed by atoms with Crippen molar-refractivity contribution in [2.24, 2.45) is 17.8 Å². The van der Waals surface area contributed by atoms with Crippen molar-refractivity contribution in [1.82, 2.24) is 0 Å². The van der Waals surface area contributed by atoms with Gasteiger partial charge in [-0.1, -0.05) is 19.1 Å². The van der Waals surface area contributed by atoms with E-state index in [-0.39, 0.29) is 17.8 Å². The summed E-state index contributed by atoms with van der Waals surface area (Å²) in [6, 6.07) is 12.3. The van der Waals surface area contributed by atoms with Crippen LogP contribution in [-0.4, -0.2) is 30.9 Å². The number of halogens is 1. The van der Waals surface area contributed by atoms with Crippen LogP contribution in [0.1, 0.15) is 44.1 Å². The molecule has 0 bridgehead atoms. The van der Waals surface area contributed by atoms with Crippen LogP contribution in [0.4, 0.5) is 4.39 Å². The highest BCUT2D eigenvalue weighted by Gasteiger charge is 2.38. The monoisotopic (exact) mass is 428 g/mol. The van der Waals surface area contributed by atoms with Crippen molar-refractivity contribution in [3.8, 4) is 17.2 Å². The molecule has 4 rings (SSSR count). The van der Waals surface area contributed by atoms with E-state index in [2.05, 4.69) is 0 Å². The van der Waals surface area contributed by atoms with Gasteiger partial charge in [-0.15, -0.1) is 0 Å². The Hall–Kier alpha value is -2.76. The Kier molecular flexibility index (Phi) is 6.35. The molecule has 0 aromatic heterocycles. The molecule has 0 unspecified atom stereocenters. The molecule has 166 valence electrons. The van der Waals surface area contributed by atoms with E-state index in [0.717, 1.165) is 37.0 Å². The van der Waals surface area contributed by atoms with Crippen LogP contribution < -0.4 is 14.2 Å². The molecule has 2 atom stereocenters. The van der Waals surface area contributed by atoms with Crippen LogP contribution in [-0.2, 0) is 4.79 Å². The van der Waals surface area contributed by atoms with Gasteiger partial charge in [-0.25, -0.2) is 4.39 Å². The van der Waals surface area contributed by atoms with E-state index in [1.807, 2.05) is 24.3 Å². The highest BCUT2D eigenvalue weighted by atomic mass is 19.1. The van der Waals surface area contributed by atoms with Crippen molar-refractivity contribution in [3.63, 3.8) is 0 Å². The third-order valence-electron chi connectivity index (χ3n) is 6.41. The zero-order valence-electron chi connectivity index (χ0n) is 17.9. The van der Waals surface area contributed by atoms with Gasteiger partial charge in [0, 0.05) is 6.07 Å². The molecule has 0 amide bonds. The largest absolute Gasteiger partial charge is 0.497 e. The predicted octanol–water partition coefficient (Wildman–Crippen LogP) is 5.29. The van der Waals surface area contributed by atoms with E-state index >= 15 is 0 Å². The molecule has 2 aliphatic carbocycles. The lowest BCUT2D eigenvalue weighted by atomic mass is 9.82. The summed E-state index contributed by atoms with van der Waals surface area (Å²) >= 11 is 0. The van der Waals surface area contributed by atoms with Crippen LogP contribution in [0.5, 0.6) is 17.2 Å². The quantitative estimate of drug-likeness (QED) is 0.557. The van der Waals surface area contributed by atoms with E-state index < -0.39 is 17.7 Å². The van der Waals surface area contributed by atoms with E-state index in [0.29, 0.717) is 24.2 Å². The molecule has 2 saturated carbocycles. The summed E-state index contributed by atoms with van der Waals surface area (Å²) in [6.07, 6.45) is 3.75. The van der Waals surface area contributed by atoms with Gasteiger partial charge < -0.3 is 19.3 Å². The summed E-state index contributed by atoms with van der Waals surface area (Å²) in [6.45, 7) is 2.35. The van der Waals surface area contributed by atoms with Crippen LogP contribution in [0.2, 0.25) is 0 Å². The Morgan fingerprint density at radius 2 is 1.94 bits per heavy atom. The van der Waals surface area contributed by atoms with Crippen molar-refractivity contribution in [3.05, 3.63) is 53.8 Å². The third kappa shape index (κ3) is 5.12. The van der Waals surface area contributed by atoms with Crippen molar-refractivity contribution in [1.29, 1.82) is 0 Å². The normalized spacial score (nSPS) is 22.2. The van der Waals surface area contributed by atoms with Crippen molar-refractivity contribution >= 4 is 5.97 Å². The first-order chi connectivity index (χ1) is 14.9. The van der Waals surface area contributed by atoms with Crippen LogP contribution in [0.25, 0.3) is 0 Å². The number of carboxylic acid groups (broad SMARTS) is 1. The molecule has 2 fully saturated rings. The number of rotatable bonds is 10. The van der Waals surface area contributed by atoms with Crippen LogP contribution in [0, 0.1) is 23.6 Å². The number of ether oxygens (including phenoxy) is 3. The number of benzene rings is 2. The summed E-state index contributed by atoms with van der Waals surface area (Å²) in [4.78, 5) is 11.5. The molecule has 2 aliphatic rings. The Balaban J connectivity index is 1.29. The highest BCUT2D eigenvalue weighted by molar-refractivity contribution is 5.71. The lowest BCUT2D eigenvalue weighted by Gasteiger charge is -2.35. The lowest BCUT2D eigenvalue weighted by molar-refractivity contribution is -0.142. The molecule has 0 heterocycles. The second-order valence-electron chi connectivity index (χ2n) is 8.75. The maximum absolute atomic E-state index is 13.9. The molecule has 1 N–H and O–H groups in total. The fourth-order valence-electron chi connectivity index (χ4n) is 4.39. The van der Waals surface area contributed by atoms with Crippen molar-refractivity contribution in [2.45, 2.75) is 44.6 Å². The minimum absolute atomic E-state index is 0.0280. The molecule has 2 aromatic rings. The average molecular weight is 429 g/mol. The zero-order chi connectivity index (χ0) is 22.0. The minimum atomic E-state index is -0.754. The van der Waals surface area contributed by atoms with Crippen LogP contribution in [0.15, 0.2) is 42.5 Å². The van der Waals surface area contributed by atoms with E-state index in [9.17, 15) is 14.3 Å². The van der Waals surface area contributed by atoms with Crippen LogP contribution >= 0.6 is 0 Å². The molecule has 0 radical (unpaired) electrons. The smallest absolute Gasteiger partial charge is 0.306 e. The highest BCUT2D eigenvalue weighted by Crippen LogP contribution is 2.47. The van der Waals surface area contributed by atoms with Gasteiger partial charge in [-0.3, -0.25) is 4.79 Å². The van der Waals surface area contributed by atoms with Gasteiger partial charge in [-0.05, 0) is 73.3 Å². The number of aliphatic carboxylic acids is 1. The average Bonchev–Trinajstić information content (AvgIpc) is 3.56. The summed E-state index contributed by atoms with van der Waals surface area (Å²) in [5.74, 6) is 0.817. The van der Waals surface area contributed by atoms with Gasteiger partial charge in [0.25, 0.3) is 0 Å². The second-order valence-corrected chi connectivity index (χ2v) is 8.75. The molecule has 0 saturated heterocycles. The Morgan fingerprint density at radius 3 is 2.61 bits per heavy atom. The molecule has 31 heavy (non-hydrogen) atoms. The molecule has 2 aromatic carbocycles. The van der Waals surface area contributed by atoms with Gasteiger partial charge >= 0.3 is 5.97 Å². The standard InChI is InChI=1S/C25H29FO5/c1-15(25(27)28)24(17-6-7-17)18-4-3-5-20(12-18)30-14-16-10-21(11-16)31-23-13-19(29-2)8-9-22(23)26/h3-5,8-9,12-13,15-17,21,24H,6-7,10-11,14H2,1-2H3,(H,27,28)/t15-,16?,21?,24-/m0/s1. The van der Waals surface area contributed by atoms with E-state index in [4.69, 9.17) is 14.2 Å². The minimum Gasteiger partial charge on any atom is -0.497 e. The molecule has 6 heteroatoms. The van der Waals surface area contributed by atoms with E-state index in [1.165, 1.54) is 13.2 Å². The summed E-state index contributed by atoms with van der Waals surface area (Å²) < 4.78 is 30.8. The summed E-state index contributed by atoms with van der Waals surface area (Å²) in [7, 11) is 1.54. The first kappa shape index (κ1) is 21.5. The fraction of sp³-hybridized carbons (Fsp3) is 0.480. The number of methoxy groups -OCH3 is 1.